The molecule has 0 radical (unpaired) electrons. The summed E-state index contributed by atoms with van der Waals surface area (Å²) in [7, 11) is 0.868. The van der Waals surface area contributed by atoms with Gasteiger partial charge in [0, 0.05) is 127 Å². The van der Waals surface area contributed by atoms with Gasteiger partial charge in [-0.1, -0.05) is 193 Å². The zero-order valence-electron chi connectivity index (χ0n) is 58.8. The number of nitrogens with zero attached hydrogens (tertiary/aromatic N) is 5. The van der Waals surface area contributed by atoms with E-state index in [1.807, 2.05) is 0 Å². The van der Waals surface area contributed by atoms with Gasteiger partial charge in [-0.15, -0.1) is 0 Å². The minimum absolute atomic E-state index is 0.0537. The monoisotopic (exact) mass is 1250 g/mol. The number of benzene rings is 11. The Morgan fingerprint density at radius 3 is 1.19 bits per heavy atom. The molecule has 0 unspecified atom stereocenters. The summed E-state index contributed by atoms with van der Waals surface area (Å²) in [6.45, 7) is 34.1. The molecule has 0 saturated carbocycles. The van der Waals surface area contributed by atoms with Gasteiger partial charge < -0.3 is 29.8 Å². The Labute approximate surface area is 574 Å². The van der Waals surface area contributed by atoms with Crippen LogP contribution in [0.25, 0.3) is 32.3 Å². The van der Waals surface area contributed by atoms with Gasteiger partial charge in [0.25, 0.3) is 13.4 Å². The van der Waals surface area contributed by atoms with E-state index < -0.39 is 0 Å². The van der Waals surface area contributed by atoms with Gasteiger partial charge in [0.15, 0.2) is 7.28 Å². The molecule has 0 fully saturated rings. The van der Waals surface area contributed by atoms with Crippen molar-refractivity contribution in [3.8, 4) is 0 Å². The van der Waals surface area contributed by atoms with E-state index in [-0.39, 0.29) is 33.6 Å². The second-order valence-corrected chi connectivity index (χ2v) is 33.5. The van der Waals surface area contributed by atoms with Crippen LogP contribution in [0, 0.1) is 0 Å². The molecule has 12 heteroatoms. The molecule has 0 spiro atoms. The highest BCUT2D eigenvalue weighted by molar-refractivity contribution is 7.05. The van der Waals surface area contributed by atoms with Crippen molar-refractivity contribution >= 4 is 218 Å². The molecule has 22 rings (SSSR count). The summed E-state index contributed by atoms with van der Waals surface area (Å²) in [6, 6.07) is 53.7. The van der Waals surface area contributed by atoms with Crippen LogP contribution in [0.3, 0.4) is 0 Å². The van der Waals surface area contributed by atoms with E-state index in [0.29, 0.717) is 41.4 Å². The summed E-state index contributed by atoms with van der Waals surface area (Å²) >= 11 is 0. The maximum atomic E-state index is 4.65. The van der Waals surface area contributed by atoms with Gasteiger partial charge in [0.05, 0.1) is 0 Å². The molecule has 1 N–H and O–H groups in total. The predicted octanol–water partition coefficient (Wildman–Crippen LogP) is 11.5. The van der Waals surface area contributed by atoms with Crippen LogP contribution < -0.4 is 101 Å². The van der Waals surface area contributed by atoms with Crippen LogP contribution in [0.2, 0.25) is 0 Å². The first-order chi connectivity index (χ1) is 46.9. The van der Waals surface area contributed by atoms with Crippen molar-refractivity contribution in [2.24, 2.45) is 0 Å². The van der Waals surface area contributed by atoms with Crippen molar-refractivity contribution in [3.05, 3.63) is 166 Å². The van der Waals surface area contributed by atoms with Crippen LogP contribution in [0.5, 0.6) is 0 Å². The second kappa shape index (κ2) is 18.8. The summed E-state index contributed by atoms with van der Waals surface area (Å²) in [5.74, 6) is 2.76. The topological polar surface area (TPSA) is 28.2 Å². The largest absolute Gasteiger partial charge is 0.391 e. The molecule has 0 aliphatic carbocycles. The third-order valence-electron chi connectivity index (χ3n) is 26.3. The molecule has 11 aliphatic heterocycles. The first kappa shape index (κ1) is 56.4. The lowest BCUT2D eigenvalue weighted by Gasteiger charge is -2.55. The number of anilines is 13. The van der Waals surface area contributed by atoms with Crippen LogP contribution >= 0.6 is 0 Å². The van der Waals surface area contributed by atoms with Gasteiger partial charge in [-0.2, -0.15) is 0 Å². The van der Waals surface area contributed by atoms with Gasteiger partial charge in [-0.25, -0.2) is 0 Å². The summed E-state index contributed by atoms with van der Waals surface area (Å²) in [5, 5.41) is 13.7. The molecule has 468 valence electrons. The van der Waals surface area contributed by atoms with Crippen LogP contribution in [-0.4, -0.2) is 66.6 Å². The molecular weight excluding hydrogens is 1170 g/mol. The molecule has 11 aromatic rings. The summed E-state index contributed by atoms with van der Waals surface area (Å²) in [5.41, 5.74) is 47.9. The predicted molar refractivity (Wildman–Crippen MR) is 427 cm³/mol. The maximum Gasteiger partial charge on any atom is 0.252 e. The van der Waals surface area contributed by atoms with Gasteiger partial charge in [-0.05, 0) is 188 Å². The Hall–Kier alpha value is -8.61. The molecule has 0 atom stereocenters. The summed E-state index contributed by atoms with van der Waals surface area (Å²) in [6.07, 6.45) is 3.56. The van der Waals surface area contributed by atoms with Crippen molar-refractivity contribution in [1.29, 1.82) is 0 Å². The normalized spacial score (nSPS) is 16.4. The van der Waals surface area contributed by atoms with E-state index >= 15 is 0 Å². The number of hydrogen-bond acceptors (Lipinski definition) is 6. The molecule has 0 bridgehead atoms. The zero-order chi connectivity index (χ0) is 65.4. The fraction of sp³-hybridized carbons (Fsp3) is 0.294. The first-order valence-corrected chi connectivity index (χ1v) is 37.3. The Kier molecular flexibility index (Phi) is 10.9. The van der Waals surface area contributed by atoms with E-state index in [2.05, 4.69) is 254 Å². The number of nitrogens with one attached hydrogen (secondary N) is 1. The summed E-state index contributed by atoms with van der Waals surface area (Å²) in [4.78, 5) is 14.4. The first-order valence-electron chi connectivity index (χ1n) is 37.3. The van der Waals surface area contributed by atoms with Gasteiger partial charge >= 0.3 is 0 Å². The van der Waals surface area contributed by atoms with E-state index in [1.54, 1.807) is 21.9 Å². The fourth-order valence-corrected chi connectivity index (χ4v) is 21.5. The summed E-state index contributed by atoms with van der Waals surface area (Å²) < 4.78 is 0. The zero-order valence-corrected chi connectivity index (χ0v) is 58.8. The molecule has 0 aromatic heterocycles. The fourth-order valence-electron chi connectivity index (χ4n) is 21.5. The van der Waals surface area contributed by atoms with E-state index in [4.69, 9.17) is 0 Å². The van der Waals surface area contributed by atoms with Crippen LogP contribution in [-0.2, 0) is 0 Å². The molecule has 6 nitrogen and oxygen atoms in total. The van der Waals surface area contributed by atoms with Crippen molar-refractivity contribution in [3.63, 3.8) is 0 Å². The van der Waals surface area contributed by atoms with Crippen LogP contribution in [0.15, 0.2) is 127 Å². The quantitative estimate of drug-likeness (QED) is 0.0971. The maximum absolute atomic E-state index is 4.65. The Bertz CT molecular complexity index is 5590. The third kappa shape index (κ3) is 6.74. The van der Waals surface area contributed by atoms with Crippen LogP contribution in [0.4, 0.5) is 73.9 Å². The average Bonchev–Trinajstić information content (AvgIpc) is 0.642. The van der Waals surface area contributed by atoms with Gasteiger partial charge in [0.2, 0.25) is 20.1 Å². The van der Waals surface area contributed by atoms with Crippen molar-refractivity contribution < 1.29 is 0 Å². The van der Waals surface area contributed by atoms with Crippen molar-refractivity contribution in [2.45, 2.75) is 138 Å². The number of fused-ring (bicyclic) bond motifs is 23. The highest BCUT2D eigenvalue weighted by atomic mass is 15.2. The Balaban J connectivity index is 0.977. The Morgan fingerprint density at radius 2 is 0.680 bits per heavy atom. The number of rotatable bonds is 7. The Morgan fingerprint density at radius 1 is 0.320 bits per heavy atom. The molecule has 0 saturated heterocycles. The van der Waals surface area contributed by atoms with E-state index in [1.165, 1.54) is 194 Å². The molecule has 0 amide bonds. The SMILES string of the molecule is CC(C)c1ccc2c(c1)Bc1c3c4c5c6c7c8c9c%10c%11c%12c%13c%14c%15c%11c(c9c16)NCB%15c1cc(C(C)C)ccc1N%14c1ccc(C(C)C)cc1B%13c1cc(C(C)C)ccc1N%12CB%10CN8c1ccc(C(C)C)cc1B7CN5c1ccc(C(C)C)cc1B4c1cc(C(C)C)ccc1N23. The van der Waals surface area contributed by atoms with E-state index in [9.17, 15) is 0 Å². The van der Waals surface area contributed by atoms with Gasteiger partial charge in [0.1, 0.15) is 0 Å². The van der Waals surface area contributed by atoms with Crippen LogP contribution in [0.1, 0.15) is 177 Å². The second-order valence-electron chi connectivity index (χ2n) is 33.5. The highest BCUT2D eigenvalue weighted by Crippen LogP contribution is 2.57. The highest BCUT2D eigenvalue weighted by Gasteiger charge is 2.58. The third-order valence-corrected chi connectivity index (χ3v) is 26.3. The molecule has 11 aromatic carbocycles. The molecule has 97 heavy (non-hydrogen) atoms. The lowest BCUT2D eigenvalue weighted by molar-refractivity contribution is 0.866. The lowest BCUT2D eigenvalue weighted by Crippen LogP contribution is -2.71. The standard InChI is InChI=1S/C85H80B6N6/c1-40(2)47-15-22-61-54(29-47)86-74-68-69-72-75-73-70-76-85-79-83(73)94(63-24-17-50(43(7)8)32-57(63)91(79)60-35-53(46(13)14)21-28-67(60)97(85)65-26-19-49(42(5)6)31-56(65)88(76)36-92-80(69)70)38-87(75)37-93-62-23-16-48(41(3)4)30-55(62)89-39-95-64-25-18-51(44(9)10)33-58(64)90-59-34-52(45(11)12)20-27-66(59)96(61)84(74)78(90)82(95)71(68)77(89)81(72)93/h15-35,40-46,86,92H,36-39H2,1-14H3. The average molecular weight is 1250 g/mol. The molecular formula is C85H80B6N6. The molecule has 11 heterocycles. The van der Waals surface area contributed by atoms with Crippen molar-refractivity contribution in [1.82, 2.24) is 0 Å². The lowest BCUT2D eigenvalue weighted by atomic mass is 9.28. The molecule has 11 aliphatic rings. The van der Waals surface area contributed by atoms with E-state index in [0.717, 1.165) is 33.1 Å². The minimum atomic E-state index is 0.0537. The van der Waals surface area contributed by atoms with Gasteiger partial charge in [-0.3, -0.25) is 0 Å². The smallest absolute Gasteiger partial charge is 0.252 e. The van der Waals surface area contributed by atoms with Crippen molar-refractivity contribution in [2.75, 3.05) is 55.6 Å². The minimum Gasteiger partial charge on any atom is -0.391 e. The number of hydrogen-bond donors (Lipinski definition) is 1.